The molecule has 0 N–H and O–H groups in total. The Labute approximate surface area is 160 Å². The highest BCUT2D eigenvalue weighted by molar-refractivity contribution is 7.99. The van der Waals surface area contributed by atoms with Crippen LogP contribution in [0, 0.1) is 0 Å². The van der Waals surface area contributed by atoms with Gasteiger partial charge in [0, 0.05) is 7.11 Å². The molecule has 3 rings (SSSR count). The van der Waals surface area contributed by atoms with Crippen LogP contribution in [0.3, 0.4) is 0 Å². The SMILES string of the molecule is COCCn1c(SCC(=O)O[C@H]2CCS(=O)(=O)C2)nc2ccccc2c1=O. The molecule has 1 aromatic carbocycles. The Balaban J connectivity index is 1.75. The largest absolute Gasteiger partial charge is 0.461 e. The van der Waals surface area contributed by atoms with Gasteiger partial charge in [-0.3, -0.25) is 14.2 Å². The third-order valence-electron chi connectivity index (χ3n) is 4.15. The molecule has 1 atom stereocenters. The molecule has 0 spiro atoms. The molecular formula is C17H20N2O6S2. The van der Waals surface area contributed by atoms with Gasteiger partial charge in [-0.1, -0.05) is 23.9 Å². The number of rotatable bonds is 7. The summed E-state index contributed by atoms with van der Waals surface area (Å²) in [6, 6.07) is 7.00. The maximum Gasteiger partial charge on any atom is 0.316 e. The van der Waals surface area contributed by atoms with Gasteiger partial charge in [-0.05, 0) is 18.6 Å². The molecule has 1 aliphatic rings. The Hall–Kier alpha value is -1.91. The highest BCUT2D eigenvalue weighted by Crippen LogP contribution is 2.20. The molecule has 1 aromatic heterocycles. The smallest absolute Gasteiger partial charge is 0.316 e. The topological polar surface area (TPSA) is 105 Å². The minimum absolute atomic E-state index is 0.0425. The Morgan fingerprint density at radius 3 is 2.85 bits per heavy atom. The van der Waals surface area contributed by atoms with Gasteiger partial charge in [-0.25, -0.2) is 13.4 Å². The first-order valence-corrected chi connectivity index (χ1v) is 11.2. The van der Waals surface area contributed by atoms with Crippen molar-refractivity contribution in [2.75, 3.05) is 31.0 Å². The predicted octanol–water partition coefficient (Wildman–Crippen LogP) is 0.865. The lowest BCUT2D eigenvalue weighted by Crippen LogP contribution is -2.26. The first-order chi connectivity index (χ1) is 12.9. The fourth-order valence-corrected chi connectivity index (χ4v) is 5.23. The number of nitrogens with zero attached hydrogens (tertiary/aromatic N) is 2. The third-order valence-corrected chi connectivity index (χ3v) is 6.84. The van der Waals surface area contributed by atoms with Gasteiger partial charge >= 0.3 is 5.97 Å². The van der Waals surface area contributed by atoms with Crippen molar-refractivity contribution < 1.29 is 22.7 Å². The lowest BCUT2D eigenvalue weighted by molar-refractivity contribution is -0.144. The fraction of sp³-hybridized carbons (Fsp3) is 0.471. The van der Waals surface area contributed by atoms with Gasteiger partial charge in [0.2, 0.25) is 0 Å². The first-order valence-electron chi connectivity index (χ1n) is 8.41. The van der Waals surface area contributed by atoms with Crippen molar-refractivity contribution in [1.29, 1.82) is 0 Å². The van der Waals surface area contributed by atoms with Crippen LogP contribution in [0.1, 0.15) is 6.42 Å². The van der Waals surface area contributed by atoms with Gasteiger partial charge in [0.1, 0.15) is 6.10 Å². The molecule has 146 valence electrons. The van der Waals surface area contributed by atoms with E-state index in [2.05, 4.69) is 4.98 Å². The average molecular weight is 412 g/mol. The molecule has 1 saturated heterocycles. The van der Waals surface area contributed by atoms with E-state index in [1.54, 1.807) is 31.4 Å². The lowest BCUT2D eigenvalue weighted by atomic mass is 10.2. The number of hydrogen-bond donors (Lipinski definition) is 0. The monoisotopic (exact) mass is 412 g/mol. The molecule has 2 aromatic rings. The Kier molecular flexibility index (Phi) is 6.18. The summed E-state index contributed by atoms with van der Waals surface area (Å²) in [7, 11) is -1.57. The van der Waals surface area contributed by atoms with Crippen molar-refractivity contribution in [2.45, 2.75) is 24.2 Å². The highest BCUT2D eigenvalue weighted by Gasteiger charge is 2.30. The zero-order chi connectivity index (χ0) is 19.4. The number of esters is 1. The predicted molar refractivity (Wildman–Crippen MR) is 102 cm³/mol. The molecule has 1 fully saturated rings. The van der Waals surface area contributed by atoms with Crippen molar-refractivity contribution in [2.24, 2.45) is 0 Å². The van der Waals surface area contributed by atoms with Crippen LogP contribution >= 0.6 is 11.8 Å². The maximum atomic E-state index is 12.7. The summed E-state index contributed by atoms with van der Waals surface area (Å²) < 4.78 is 34.7. The normalized spacial score (nSPS) is 18.6. The van der Waals surface area contributed by atoms with Crippen LogP contribution in [-0.2, 0) is 30.7 Å². The van der Waals surface area contributed by atoms with E-state index in [0.717, 1.165) is 11.8 Å². The minimum atomic E-state index is -3.11. The lowest BCUT2D eigenvalue weighted by Gasteiger charge is -2.13. The molecule has 0 unspecified atom stereocenters. The number of aromatic nitrogens is 2. The molecule has 0 radical (unpaired) electrons. The molecular weight excluding hydrogens is 392 g/mol. The quantitative estimate of drug-likeness (QED) is 0.375. The first kappa shape index (κ1) is 19.8. The Morgan fingerprint density at radius 1 is 1.37 bits per heavy atom. The minimum Gasteiger partial charge on any atom is -0.461 e. The van der Waals surface area contributed by atoms with Crippen LogP contribution in [-0.4, -0.2) is 61.0 Å². The third kappa shape index (κ3) is 4.88. The van der Waals surface area contributed by atoms with Crippen molar-refractivity contribution in [3.8, 4) is 0 Å². The van der Waals surface area contributed by atoms with E-state index in [4.69, 9.17) is 9.47 Å². The number of benzene rings is 1. The summed E-state index contributed by atoms with van der Waals surface area (Å²) in [5, 5.41) is 0.892. The number of para-hydroxylation sites is 1. The summed E-state index contributed by atoms with van der Waals surface area (Å²) in [6.45, 7) is 0.642. The molecule has 0 aliphatic carbocycles. The van der Waals surface area contributed by atoms with Crippen molar-refractivity contribution in [3.63, 3.8) is 0 Å². The van der Waals surface area contributed by atoms with Crippen LogP contribution in [0.25, 0.3) is 10.9 Å². The molecule has 10 heteroatoms. The van der Waals surface area contributed by atoms with E-state index in [1.165, 1.54) is 4.57 Å². The number of carbonyl (C=O) groups excluding carboxylic acids is 1. The van der Waals surface area contributed by atoms with E-state index < -0.39 is 21.9 Å². The number of carbonyl (C=O) groups is 1. The van der Waals surface area contributed by atoms with Gasteiger partial charge < -0.3 is 9.47 Å². The number of ether oxygens (including phenoxy) is 2. The number of fused-ring (bicyclic) bond motifs is 1. The van der Waals surface area contributed by atoms with E-state index in [0.29, 0.717) is 35.6 Å². The molecule has 2 heterocycles. The van der Waals surface area contributed by atoms with Crippen molar-refractivity contribution in [3.05, 3.63) is 34.6 Å². The van der Waals surface area contributed by atoms with E-state index >= 15 is 0 Å². The number of sulfone groups is 1. The molecule has 8 nitrogen and oxygen atoms in total. The van der Waals surface area contributed by atoms with E-state index in [1.807, 2.05) is 0 Å². The summed E-state index contributed by atoms with van der Waals surface area (Å²) in [4.78, 5) is 29.3. The molecule has 0 saturated carbocycles. The van der Waals surface area contributed by atoms with Crippen molar-refractivity contribution in [1.82, 2.24) is 9.55 Å². The summed E-state index contributed by atoms with van der Waals surface area (Å²) in [6.07, 6.45) is -0.269. The van der Waals surface area contributed by atoms with Crippen LogP contribution in [0.5, 0.6) is 0 Å². The number of methoxy groups -OCH3 is 1. The van der Waals surface area contributed by atoms with Crippen molar-refractivity contribution >= 4 is 38.5 Å². The zero-order valence-electron chi connectivity index (χ0n) is 14.8. The molecule has 0 bridgehead atoms. The molecule has 27 heavy (non-hydrogen) atoms. The van der Waals surface area contributed by atoms with Crippen LogP contribution in [0.2, 0.25) is 0 Å². The fourth-order valence-electron chi connectivity index (χ4n) is 2.83. The number of thioether (sulfide) groups is 1. The second kappa shape index (κ2) is 8.41. The Morgan fingerprint density at radius 2 is 2.15 bits per heavy atom. The Bertz CT molecular complexity index is 1000. The van der Waals surface area contributed by atoms with Crippen LogP contribution in [0.4, 0.5) is 0 Å². The standard InChI is InChI=1S/C17H20N2O6S2/c1-24-8-7-19-16(21)13-4-2-3-5-14(13)18-17(19)26-10-15(20)25-12-6-9-27(22,23)11-12/h2-5,12H,6-11H2,1H3/t12-/m0/s1. The average Bonchev–Trinajstić information content (AvgIpc) is 2.97. The molecule has 0 amide bonds. The maximum absolute atomic E-state index is 12.7. The molecule has 1 aliphatic heterocycles. The summed E-state index contributed by atoms with van der Waals surface area (Å²) >= 11 is 1.09. The zero-order valence-corrected chi connectivity index (χ0v) is 16.4. The number of hydrogen-bond acceptors (Lipinski definition) is 8. The van der Waals surface area contributed by atoms with Gasteiger partial charge in [-0.2, -0.15) is 0 Å². The second-order valence-corrected chi connectivity index (χ2v) is 9.34. The van der Waals surface area contributed by atoms with Gasteiger partial charge in [-0.15, -0.1) is 0 Å². The van der Waals surface area contributed by atoms with Gasteiger partial charge in [0.05, 0.1) is 41.3 Å². The second-order valence-electron chi connectivity index (χ2n) is 6.16. The van der Waals surface area contributed by atoms with E-state index in [-0.39, 0.29) is 22.8 Å². The summed E-state index contributed by atoms with van der Waals surface area (Å²) in [5.74, 6) is -0.673. The van der Waals surface area contributed by atoms with Gasteiger partial charge in [0.25, 0.3) is 5.56 Å². The van der Waals surface area contributed by atoms with E-state index in [9.17, 15) is 18.0 Å². The van der Waals surface area contributed by atoms with Gasteiger partial charge in [0.15, 0.2) is 15.0 Å². The van der Waals surface area contributed by atoms with Crippen LogP contribution in [0.15, 0.2) is 34.2 Å². The summed E-state index contributed by atoms with van der Waals surface area (Å²) in [5.41, 5.74) is 0.351. The highest BCUT2D eigenvalue weighted by atomic mass is 32.2. The van der Waals surface area contributed by atoms with Crippen LogP contribution < -0.4 is 5.56 Å².